The first-order valence-electron chi connectivity index (χ1n) is 4.20. The van der Waals surface area contributed by atoms with E-state index in [0.29, 0.717) is 0 Å². The highest BCUT2D eigenvalue weighted by atomic mass is 79.9. The van der Waals surface area contributed by atoms with Gasteiger partial charge in [-0.3, -0.25) is 0 Å². The fraction of sp³-hybridized carbons (Fsp3) is 0.100. The minimum Gasteiger partial charge on any atom is -0.478 e. The molecule has 7 heteroatoms. The molecule has 1 aromatic carbocycles. The second-order valence-electron chi connectivity index (χ2n) is 3.12. The average Bonchev–Trinajstić information content (AvgIpc) is 2.29. The van der Waals surface area contributed by atoms with Crippen molar-refractivity contribution in [3.8, 4) is 0 Å². The maximum Gasteiger partial charge on any atom is 0.331 e. The van der Waals surface area contributed by atoms with Crippen LogP contribution in [0.4, 0.5) is 0 Å². The summed E-state index contributed by atoms with van der Waals surface area (Å²) < 4.78 is 4.04. The smallest absolute Gasteiger partial charge is 0.331 e. The summed E-state index contributed by atoms with van der Waals surface area (Å²) in [5.74, 6) is -0.945. The number of carboxylic acids is 1. The molecule has 1 N–H and O–H groups in total. The molecule has 92 valence electrons. The summed E-state index contributed by atoms with van der Waals surface area (Å²) in [5.41, 5.74) is 1.01. The Hall–Kier alpha value is 0.830. The topological polar surface area (TPSA) is 37.3 Å². The predicted octanol–water partition coefficient (Wildman–Crippen LogP) is 5.99. The Labute approximate surface area is 140 Å². The van der Waals surface area contributed by atoms with E-state index in [1.165, 1.54) is 0 Å². The predicted molar refractivity (Wildman–Crippen MR) is 86.2 cm³/mol. The summed E-state index contributed by atoms with van der Waals surface area (Å²) in [6, 6.07) is 0. The van der Waals surface area contributed by atoms with Crippen LogP contribution in [-0.2, 0) is 4.79 Å². The first-order chi connectivity index (χ1) is 7.77. The number of hydrogen-bond acceptors (Lipinski definition) is 1. The van der Waals surface area contributed by atoms with Crippen LogP contribution in [0.5, 0.6) is 0 Å². The highest BCUT2D eigenvalue weighted by Gasteiger charge is 2.17. The molecule has 17 heavy (non-hydrogen) atoms. The maximum absolute atomic E-state index is 10.8. The molecule has 0 saturated heterocycles. The normalized spacial score (nSPS) is 11.8. The molecule has 0 aliphatic heterocycles. The summed E-state index contributed by atoms with van der Waals surface area (Å²) in [4.78, 5) is 10.8. The third-order valence-electron chi connectivity index (χ3n) is 1.94. The van der Waals surface area contributed by atoms with Gasteiger partial charge >= 0.3 is 5.97 Å². The quantitative estimate of drug-likeness (QED) is 0.276. The molecule has 0 aliphatic rings. The van der Waals surface area contributed by atoms with E-state index in [-0.39, 0.29) is 5.57 Å². The lowest BCUT2D eigenvalue weighted by atomic mass is 10.1. The maximum atomic E-state index is 10.8. The minimum absolute atomic E-state index is 0.257. The second-order valence-corrected chi connectivity index (χ2v) is 7.08. The first-order valence-corrected chi connectivity index (χ1v) is 8.16. The average molecular weight is 557 g/mol. The largest absolute Gasteiger partial charge is 0.478 e. The Bertz CT molecular complexity index is 493. The lowest BCUT2D eigenvalue weighted by molar-refractivity contribution is -0.132. The van der Waals surface area contributed by atoms with Gasteiger partial charge in [0.05, 0.1) is 0 Å². The van der Waals surface area contributed by atoms with Crippen molar-refractivity contribution in [1.82, 2.24) is 0 Å². The van der Waals surface area contributed by atoms with E-state index in [1.54, 1.807) is 13.0 Å². The molecule has 0 radical (unpaired) electrons. The number of benzene rings is 1. The molecule has 0 atom stereocenters. The molecule has 0 saturated carbocycles. The van der Waals surface area contributed by atoms with Crippen molar-refractivity contribution in [3.63, 3.8) is 0 Å². The summed E-state index contributed by atoms with van der Waals surface area (Å²) in [7, 11) is 0. The molecule has 1 rings (SSSR count). The van der Waals surface area contributed by atoms with Crippen molar-refractivity contribution in [3.05, 3.63) is 33.5 Å². The van der Waals surface area contributed by atoms with Gasteiger partial charge in [0, 0.05) is 33.5 Å². The Morgan fingerprint density at radius 2 is 1.29 bits per heavy atom. The number of carbonyl (C=O) groups is 1. The van der Waals surface area contributed by atoms with Crippen molar-refractivity contribution in [2.45, 2.75) is 6.92 Å². The third kappa shape index (κ3) is 3.43. The van der Waals surface area contributed by atoms with Crippen LogP contribution in [0.1, 0.15) is 12.5 Å². The molecule has 0 aromatic heterocycles. The summed E-state index contributed by atoms with van der Waals surface area (Å²) >= 11 is 17.1. The number of hydrogen-bond donors (Lipinski definition) is 1. The van der Waals surface area contributed by atoms with Crippen LogP contribution in [0.3, 0.4) is 0 Å². The summed E-state index contributed by atoms with van der Waals surface area (Å²) in [6.07, 6.45) is 1.60. The van der Waals surface area contributed by atoms with Crippen LogP contribution in [0, 0.1) is 0 Å². The zero-order chi connectivity index (χ0) is 13.3. The van der Waals surface area contributed by atoms with E-state index >= 15 is 0 Å². The molecule has 1 aromatic rings. The molecular formula is C10H5Br5O2. The van der Waals surface area contributed by atoms with Gasteiger partial charge in [-0.2, -0.15) is 0 Å². The highest BCUT2D eigenvalue weighted by molar-refractivity contribution is 9.15. The molecule has 0 unspecified atom stereocenters. The van der Waals surface area contributed by atoms with Crippen LogP contribution in [0.25, 0.3) is 6.08 Å². The van der Waals surface area contributed by atoms with Gasteiger partial charge < -0.3 is 5.11 Å². The van der Waals surface area contributed by atoms with Gasteiger partial charge in [0.15, 0.2) is 0 Å². The van der Waals surface area contributed by atoms with Gasteiger partial charge in [0.25, 0.3) is 0 Å². The van der Waals surface area contributed by atoms with Crippen LogP contribution < -0.4 is 0 Å². The van der Waals surface area contributed by atoms with Crippen molar-refractivity contribution in [2.24, 2.45) is 0 Å². The van der Waals surface area contributed by atoms with Gasteiger partial charge in [-0.25, -0.2) is 4.79 Å². The van der Waals surface area contributed by atoms with Crippen molar-refractivity contribution in [2.75, 3.05) is 0 Å². The van der Waals surface area contributed by atoms with E-state index in [1.807, 2.05) is 0 Å². The van der Waals surface area contributed by atoms with Crippen LogP contribution in [0.2, 0.25) is 0 Å². The Morgan fingerprint density at radius 1 is 0.941 bits per heavy atom. The molecule has 0 fully saturated rings. The Kier molecular flexibility index (Phi) is 5.91. The number of halogens is 5. The monoisotopic (exact) mass is 552 g/mol. The lowest BCUT2D eigenvalue weighted by Crippen LogP contribution is -1.96. The zero-order valence-corrected chi connectivity index (χ0v) is 16.3. The molecular weight excluding hydrogens is 552 g/mol. The highest BCUT2D eigenvalue weighted by Crippen LogP contribution is 2.45. The SMILES string of the molecule is C/C(=C\c1c(Br)c(Br)c(Br)c(Br)c1Br)C(=O)O. The zero-order valence-electron chi connectivity index (χ0n) is 8.32. The molecule has 0 amide bonds. The fourth-order valence-electron chi connectivity index (χ4n) is 1.03. The van der Waals surface area contributed by atoms with Crippen molar-refractivity contribution in [1.29, 1.82) is 0 Å². The molecule has 0 heterocycles. The lowest BCUT2D eigenvalue weighted by Gasteiger charge is -2.11. The van der Waals surface area contributed by atoms with E-state index in [2.05, 4.69) is 79.6 Å². The van der Waals surface area contributed by atoms with Gasteiger partial charge in [-0.1, -0.05) is 0 Å². The number of carboxylic acid groups (broad SMARTS) is 1. The van der Waals surface area contributed by atoms with Gasteiger partial charge in [-0.15, -0.1) is 0 Å². The standard InChI is InChI=1S/C10H5Br5O2/c1-3(10(16)17)2-4-5(11)7(13)9(15)8(14)6(4)12/h2H,1H3,(H,16,17)/b3-2+. The molecule has 2 nitrogen and oxygen atoms in total. The van der Waals surface area contributed by atoms with Gasteiger partial charge in [-0.05, 0) is 92.6 Å². The van der Waals surface area contributed by atoms with Gasteiger partial charge in [0.2, 0.25) is 0 Å². The Balaban J connectivity index is 3.56. The molecule has 0 bridgehead atoms. The summed E-state index contributed by atoms with van der Waals surface area (Å²) in [5, 5.41) is 8.89. The van der Waals surface area contributed by atoms with E-state index in [0.717, 1.165) is 27.9 Å². The molecule has 0 aliphatic carbocycles. The second kappa shape index (κ2) is 6.32. The van der Waals surface area contributed by atoms with Gasteiger partial charge in [0.1, 0.15) is 0 Å². The van der Waals surface area contributed by atoms with Crippen molar-refractivity contribution >= 4 is 91.7 Å². The number of aliphatic carboxylic acids is 1. The fourth-order valence-corrected chi connectivity index (χ4v) is 4.33. The molecule has 0 spiro atoms. The van der Waals surface area contributed by atoms with E-state index in [4.69, 9.17) is 5.11 Å². The van der Waals surface area contributed by atoms with Crippen LogP contribution in [0.15, 0.2) is 27.9 Å². The van der Waals surface area contributed by atoms with Crippen LogP contribution >= 0.6 is 79.6 Å². The summed E-state index contributed by atoms with van der Waals surface area (Å²) in [6.45, 7) is 1.55. The van der Waals surface area contributed by atoms with E-state index in [9.17, 15) is 4.79 Å². The van der Waals surface area contributed by atoms with Crippen molar-refractivity contribution < 1.29 is 9.90 Å². The first kappa shape index (κ1) is 15.9. The van der Waals surface area contributed by atoms with Crippen LogP contribution in [-0.4, -0.2) is 11.1 Å². The Morgan fingerprint density at radius 3 is 1.65 bits per heavy atom. The number of rotatable bonds is 2. The third-order valence-corrected chi connectivity index (χ3v) is 8.10. The van der Waals surface area contributed by atoms with E-state index < -0.39 is 5.97 Å². The minimum atomic E-state index is -0.945.